The third kappa shape index (κ3) is 5.47. The van der Waals surface area contributed by atoms with Crippen LogP contribution in [0.5, 0.6) is 5.75 Å². The zero-order valence-corrected chi connectivity index (χ0v) is 18.6. The Labute approximate surface area is 190 Å². The van der Waals surface area contributed by atoms with Crippen LogP contribution in [0.25, 0.3) is 6.08 Å². The molecule has 0 unspecified atom stereocenters. The quantitative estimate of drug-likeness (QED) is 0.327. The maximum absolute atomic E-state index is 12.6. The fraction of sp³-hybridized carbons (Fsp3) is 0.100. The molecule has 0 spiro atoms. The summed E-state index contributed by atoms with van der Waals surface area (Å²) in [5.74, 6) is -1.61. The fourth-order valence-electron chi connectivity index (χ4n) is 2.58. The number of phenols is 1. The number of thioether (sulfide) groups is 1. The van der Waals surface area contributed by atoms with Crippen molar-refractivity contribution >= 4 is 68.0 Å². The smallest absolute Gasteiger partial charge is 0.273 e. The van der Waals surface area contributed by atoms with Gasteiger partial charge >= 0.3 is 0 Å². The molecule has 1 heterocycles. The normalized spacial score (nSPS) is 14.8. The maximum Gasteiger partial charge on any atom is 0.273 e. The number of thiocarbonyl (C=S) groups is 1. The first-order chi connectivity index (χ1) is 14.3. The molecule has 30 heavy (non-hydrogen) atoms. The Kier molecular flexibility index (Phi) is 7.24. The summed E-state index contributed by atoms with van der Waals surface area (Å²) >= 11 is 9.83. The molecule has 0 aliphatic carbocycles. The Bertz CT molecular complexity index is 1060. The predicted octanol–water partition coefficient (Wildman–Crippen LogP) is 3.21. The average Bonchev–Trinajstić information content (AvgIpc) is 2.97. The molecule has 2 aromatic carbocycles. The summed E-state index contributed by atoms with van der Waals surface area (Å²) < 4.78 is 1.27. The van der Waals surface area contributed by atoms with Gasteiger partial charge in [-0.3, -0.25) is 30.1 Å². The number of carbonyl (C=O) groups is 3. The lowest BCUT2D eigenvalue weighted by Gasteiger charge is -2.14. The fourth-order valence-corrected chi connectivity index (χ4v) is 4.30. The summed E-state index contributed by atoms with van der Waals surface area (Å²) in [5, 5.41) is 9.65. The van der Waals surface area contributed by atoms with Crippen molar-refractivity contribution in [2.45, 2.75) is 6.42 Å². The van der Waals surface area contributed by atoms with E-state index in [2.05, 4.69) is 26.8 Å². The Balaban J connectivity index is 1.53. The number of hydrogen-bond acceptors (Lipinski definition) is 6. The van der Waals surface area contributed by atoms with E-state index in [1.807, 2.05) is 24.3 Å². The van der Waals surface area contributed by atoms with Crippen LogP contribution in [0.3, 0.4) is 0 Å². The monoisotopic (exact) mass is 505 g/mol. The van der Waals surface area contributed by atoms with Crippen LogP contribution in [-0.4, -0.2) is 38.6 Å². The molecule has 3 N–H and O–H groups in total. The highest BCUT2D eigenvalue weighted by Gasteiger charge is 2.32. The molecule has 0 bridgehead atoms. The third-order valence-corrected chi connectivity index (χ3v) is 5.92. The Morgan fingerprint density at radius 2 is 1.93 bits per heavy atom. The van der Waals surface area contributed by atoms with Crippen LogP contribution >= 0.6 is 39.9 Å². The molecule has 0 saturated carbocycles. The van der Waals surface area contributed by atoms with Gasteiger partial charge < -0.3 is 5.11 Å². The van der Waals surface area contributed by atoms with E-state index in [-0.39, 0.29) is 30.2 Å². The number of nitrogens with one attached hydrogen (secondary N) is 2. The third-order valence-electron chi connectivity index (χ3n) is 4.05. The van der Waals surface area contributed by atoms with Gasteiger partial charge in [-0.05, 0) is 35.9 Å². The number of nitrogens with zero attached hydrogens (tertiary/aromatic N) is 1. The number of para-hydroxylation sites is 1. The average molecular weight is 506 g/mol. The van der Waals surface area contributed by atoms with E-state index in [0.717, 1.165) is 10.0 Å². The van der Waals surface area contributed by atoms with Crippen LogP contribution in [0, 0.1) is 0 Å². The van der Waals surface area contributed by atoms with E-state index in [9.17, 15) is 19.5 Å². The molecule has 1 fully saturated rings. The summed E-state index contributed by atoms with van der Waals surface area (Å²) in [6.45, 7) is 0.0821. The molecule has 0 radical (unpaired) electrons. The molecule has 0 aromatic heterocycles. The van der Waals surface area contributed by atoms with Crippen LogP contribution in [0.2, 0.25) is 0 Å². The van der Waals surface area contributed by atoms with Gasteiger partial charge in [0.15, 0.2) is 0 Å². The van der Waals surface area contributed by atoms with Gasteiger partial charge in [0.25, 0.3) is 11.8 Å². The molecule has 1 saturated heterocycles. The van der Waals surface area contributed by atoms with E-state index in [4.69, 9.17) is 12.2 Å². The van der Waals surface area contributed by atoms with Gasteiger partial charge in [-0.2, -0.15) is 0 Å². The second kappa shape index (κ2) is 9.88. The van der Waals surface area contributed by atoms with Gasteiger partial charge in [0.2, 0.25) is 5.91 Å². The number of halogens is 1. The Hall–Kier alpha value is -2.69. The first-order valence-electron chi connectivity index (χ1n) is 8.73. The highest BCUT2D eigenvalue weighted by atomic mass is 79.9. The molecule has 0 atom stereocenters. The summed E-state index contributed by atoms with van der Waals surface area (Å²) in [6.07, 6.45) is 1.69. The SMILES string of the molecule is O=C(CCN1C(=O)/C(=C/c2cccc(Br)c2)SC1=S)NNC(=O)c1ccccc1O. The molecule has 1 aliphatic rings. The van der Waals surface area contributed by atoms with Gasteiger partial charge in [0.1, 0.15) is 10.1 Å². The summed E-state index contributed by atoms with van der Waals surface area (Å²) in [6, 6.07) is 13.5. The molecule has 3 amide bonds. The van der Waals surface area contributed by atoms with Gasteiger partial charge in [-0.25, -0.2) is 0 Å². The first-order valence-corrected chi connectivity index (χ1v) is 10.7. The number of hydrazine groups is 1. The van der Waals surface area contributed by atoms with E-state index >= 15 is 0 Å². The van der Waals surface area contributed by atoms with Crippen molar-refractivity contribution in [3.63, 3.8) is 0 Å². The second-order valence-electron chi connectivity index (χ2n) is 6.16. The van der Waals surface area contributed by atoms with Gasteiger partial charge in [0.05, 0.1) is 10.5 Å². The molecule has 154 valence electrons. The topological polar surface area (TPSA) is 98.7 Å². The van der Waals surface area contributed by atoms with Crippen molar-refractivity contribution < 1.29 is 19.5 Å². The highest BCUT2D eigenvalue weighted by molar-refractivity contribution is 9.10. The second-order valence-corrected chi connectivity index (χ2v) is 8.75. The molecule has 7 nitrogen and oxygen atoms in total. The van der Waals surface area contributed by atoms with Crippen LogP contribution in [0.15, 0.2) is 57.9 Å². The molecular weight excluding hydrogens is 490 g/mol. The summed E-state index contributed by atoms with van der Waals surface area (Å²) in [7, 11) is 0. The van der Waals surface area contributed by atoms with E-state index in [1.54, 1.807) is 18.2 Å². The van der Waals surface area contributed by atoms with Crippen molar-refractivity contribution in [3.05, 3.63) is 69.0 Å². The maximum atomic E-state index is 12.6. The minimum absolute atomic E-state index is 0.0347. The Morgan fingerprint density at radius 1 is 1.17 bits per heavy atom. The number of aromatic hydroxyl groups is 1. The number of rotatable bonds is 5. The van der Waals surface area contributed by atoms with Crippen molar-refractivity contribution in [1.82, 2.24) is 15.8 Å². The van der Waals surface area contributed by atoms with E-state index in [1.165, 1.54) is 28.8 Å². The number of phenolic OH excluding ortho intramolecular Hbond substituents is 1. The molecular formula is C20H16BrN3O4S2. The summed E-state index contributed by atoms with van der Waals surface area (Å²) in [5.41, 5.74) is 5.38. The molecule has 1 aliphatic heterocycles. The standard InChI is InChI=1S/C20H16BrN3O4S2/c21-13-5-3-4-12(10-13)11-16-19(28)24(20(29)30-16)9-8-17(26)22-23-18(27)14-6-1-2-7-15(14)25/h1-7,10-11,25H,8-9H2,(H,22,26)(H,23,27)/b16-11-. The highest BCUT2D eigenvalue weighted by Crippen LogP contribution is 2.32. The van der Waals surface area contributed by atoms with E-state index < -0.39 is 11.8 Å². The van der Waals surface area contributed by atoms with Gasteiger partial charge in [0, 0.05) is 17.4 Å². The molecule has 3 rings (SSSR count). The van der Waals surface area contributed by atoms with Crippen LogP contribution < -0.4 is 10.9 Å². The minimum Gasteiger partial charge on any atom is -0.507 e. The van der Waals surface area contributed by atoms with Gasteiger partial charge in [-0.1, -0.05) is 64.2 Å². The van der Waals surface area contributed by atoms with Crippen molar-refractivity contribution in [2.75, 3.05) is 6.54 Å². The van der Waals surface area contributed by atoms with Crippen molar-refractivity contribution in [3.8, 4) is 5.75 Å². The zero-order chi connectivity index (χ0) is 21.7. The van der Waals surface area contributed by atoms with Crippen LogP contribution in [0.1, 0.15) is 22.3 Å². The summed E-state index contributed by atoms with van der Waals surface area (Å²) in [4.78, 5) is 38.5. The molecule has 2 aromatic rings. The van der Waals surface area contributed by atoms with Gasteiger partial charge in [-0.15, -0.1) is 0 Å². The lowest BCUT2D eigenvalue weighted by atomic mass is 10.2. The number of amides is 3. The lowest BCUT2D eigenvalue weighted by molar-refractivity contribution is -0.124. The number of benzene rings is 2. The largest absolute Gasteiger partial charge is 0.507 e. The Morgan fingerprint density at radius 3 is 2.67 bits per heavy atom. The van der Waals surface area contributed by atoms with Crippen molar-refractivity contribution in [2.24, 2.45) is 0 Å². The molecule has 10 heteroatoms. The van der Waals surface area contributed by atoms with E-state index in [0.29, 0.717) is 9.23 Å². The predicted molar refractivity (Wildman–Crippen MR) is 122 cm³/mol. The van der Waals surface area contributed by atoms with Crippen molar-refractivity contribution in [1.29, 1.82) is 0 Å². The zero-order valence-electron chi connectivity index (χ0n) is 15.4. The number of hydrogen-bond donors (Lipinski definition) is 3. The number of carbonyl (C=O) groups excluding carboxylic acids is 3. The van der Waals surface area contributed by atoms with Crippen LogP contribution in [0.4, 0.5) is 0 Å². The first kappa shape index (κ1) is 22.0. The van der Waals surface area contributed by atoms with Crippen LogP contribution in [-0.2, 0) is 9.59 Å². The lowest BCUT2D eigenvalue weighted by Crippen LogP contribution is -2.43. The minimum atomic E-state index is -0.649.